The first-order chi connectivity index (χ1) is 11.2. The van der Waals surface area contributed by atoms with Gasteiger partial charge in [0.15, 0.2) is 0 Å². The number of benzene rings is 1. The lowest BCUT2D eigenvalue weighted by Crippen LogP contribution is -2.10. The van der Waals surface area contributed by atoms with E-state index < -0.39 is 0 Å². The van der Waals surface area contributed by atoms with Gasteiger partial charge in [-0.25, -0.2) is 5.43 Å². The minimum Gasteiger partial charge on any atom is -0.497 e. The molecular formula is C15H21N7O. The molecule has 0 saturated carbocycles. The molecule has 0 fully saturated rings. The van der Waals surface area contributed by atoms with Crippen LogP contribution in [0.2, 0.25) is 0 Å². The maximum absolute atomic E-state index is 5.17. The van der Waals surface area contributed by atoms with Crippen molar-refractivity contribution >= 4 is 24.1 Å². The van der Waals surface area contributed by atoms with Gasteiger partial charge in [-0.15, -0.1) is 0 Å². The Hall–Kier alpha value is -2.90. The van der Waals surface area contributed by atoms with Crippen molar-refractivity contribution in [2.75, 3.05) is 36.3 Å². The van der Waals surface area contributed by atoms with Crippen molar-refractivity contribution in [3.05, 3.63) is 29.8 Å². The molecule has 1 aromatic heterocycles. The van der Waals surface area contributed by atoms with Crippen LogP contribution in [-0.2, 0) is 0 Å². The highest BCUT2D eigenvalue weighted by Gasteiger charge is 2.04. The van der Waals surface area contributed by atoms with E-state index in [1.807, 2.05) is 38.1 Å². The number of methoxy groups -OCH3 is 1. The molecule has 0 atom stereocenters. The molecule has 0 aliphatic heterocycles. The Morgan fingerprint density at radius 3 is 2.30 bits per heavy atom. The van der Waals surface area contributed by atoms with Crippen molar-refractivity contribution < 1.29 is 4.74 Å². The van der Waals surface area contributed by atoms with Gasteiger partial charge in [0.25, 0.3) is 0 Å². The highest BCUT2D eigenvalue weighted by molar-refractivity contribution is 5.80. The van der Waals surface area contributed by atoms with E-state index in [2.05, 4.69) is 36.1 Å². The zero-order chi connectivity index (χ0) is 16.5. The maximum Gasteiger partial charge on any atom is 0.250 e. The first kappa shape index (κ1) is 16.5. The number of nitrogens with zero attached hydrogens (tertiary/aromatic N) is 4. The largest absolute Gasteiger partial charge is 0.497 e. The quantitative estimate of drug-likeness (QED) is 0.507. The molecule has 8 nitrogen and oxygen atoms in total. The third kappa shape index (κ3) is 5.10. The van der Waals surface area contributed by atoms with Gasteiger partial charge in [0, 0.05) is 13.1 Å². The lowest BCUT2D eigenvalue weighted by molar-refractivity contribution is 0.415. The summed E-state index contributed by atoms with van der Waals surface area (Å²) < 4.78 is 5.17. The summed E-state index contributed by atoms with van der Waals surface area (Å²) >= 11 is 0. The van der Waals surface area contributed by atoms with Crippen molar-refractivity contribution in [1.82, 2.24) is 15.0 Å². The Balaban J connectivity index is 2.10. The third-order valence-corrected chi connectivity index (χ3v) is 2.78. The molecule has 2 aromatic rings. The summed E-state index contributed by atoms with van der Waals surface area (Å²) in [6.45, 7) is 5.40. The zero-order valence-electron chi connectivity index (χ0n) is 13.5. The van der Waals surface area contributed by atoms with E-state index in [0.717, 1.165) is 24.4 Å². The number of aromatic nitrogens is 3. The topological polar surface area (TPSA) is 96.4 Å². The van der Waals surface area contributed by atoms with Gasteiger partial charge in [-0.1, -0.05) is 12.1 Å². The van der Waals surface area contributed by atoms with Crippen molar-refractivity contribution in [2.45, 2.75) is 13.8 Å². The molecule has 1 aromatic carbocycles. The minimum atomic E-state index is 0.367. The molecule has 2 rings (SSSR count). The molecule has 3 N–H and O–H groups in total. The molecule has 8 heteroatoms. The zero-order valence-corrected chi connectivity index (χ0v) is 13.5. The van der Waals surface area contributed by atoms with Crippen molar-refractivity contribution in [3.8, 4) is 5.75 Å². The number of rotatable bonds is 8. The molecule has 0 bridgehead atoms. The van der Waals surface area contributed by atoms with E-state index in [4.69, 9.17) is 4.74 Å². The van der Waals surface area contributed by atoms with Gasteiger partial charge < -0.3 is 15.4 Å². The summed E-state index contributed by atoms with van der Waals surface area (Å²) in [5, 5.41) is 10.3. The van der Waals surface area contributed by atoms with Crippen LogP contribution in [0.4, 0.5) is 17.8 Å². The van der Waals surface area contributed by atoms with E-state index in [1.54, 1.807) is 13.3 Å². The van der Waals surface area contributed by atoms with Crippen molar-refractivity contribution in [2.24, 2.45) is 5.10 Å². The van der Waals surface area contributed by atoms with Gasteiger partial charge in [0.1, 0.15) is 5.75 Å². The number of ether oxygens (including phenoxy) is 1. The second-order valence-corrected chi connectivity index (χ2v) is 4.51. The van der Waals surface area contributed by atoms with Crippen LogP contribution >= 0.6 is 0 Å². The highest BCUT2D eigenvalue weighted by atomic mass is 16.5. The molecule has 0 unspecified atom stereocenters. The Bertz CT molecular complexity index is 636. The van der Waals surface area contributed by atoms with Crippen molar-refractivity contribution in [3.63, 3.8) is 0 Å². The SMILES string of the molecule is CCNc1nc(NCC)nc(N/N=C/c2cccc(OC)c2)n1. The molecular weight excluding hydrogens is 294 g/mol. The average molecular weight is 315 g/mol. The predicted molar refractivity (Wildman–Crippen MR) is 92.4 cm³/mol. The second-order valence-electron chi connectivity index (χ2n) is 4.51. The van der Waals surface area contributed by atoms with Crippen LogP contribution < -0.4 is 20.8 Å². The van der Waals surface area contributed by atoms with Crippen LogP contribution in [0.1, 0.15) is 19.4 Å². The Morgan fingerprint density at radius 2 is 1.70 bits per heavy atom. The summed E-state index contributed by atoms with van der Waals surface area (Å²) in [5.74, 6) is 2.14. The normalized spacial score (nSPS) is 10.6. The second kappa shape index (κ2) is 8.52. The molecule has 0 radical (unpaired) electrons. The van der Waals surface area contributed by atoms with Crippen LogP contribution in [0.25, 0.3) is 0 Å². The number of hydrogen-bond acceptors (Lipinski definition) is 8. The van der Waals surface area contributed by atoms with Crippen LogP contribution in [-0.4, -0.2) is 41.4 Å². The lowest BCUT2D eigenvalue weighted by Gasteiger charge is -2.07. The average Bonchev–Trinajstić information content (AvgIpc) is 2.55. The van der Waals surface area contributed by atoms with Crippen LogP contribution in [0.3, 0.4) is 0 Å². The van der Waals surface area contributed by atoms with Crippen LogP contribution in [0.15, 0.2) is 29.4 Å². The van der Waals surface area contributed by atoms with E-state index in [9.17, 15) is 0 Å². The number of nitrogens with one attached hydrogen (secondary N) is 3. The summed E-state index contributed by atoms with van der Waals surface area (Å²) in [4.78, 5) is 12.7. The summed E-state index contributed by atoms with van der Waals surface area (Å²) in [7, 11) is 1.63. The molecule has 1 heterocycles. The first-order valence-electron chi connectivity index (χ1n) is 7.42. The summed E-state index contributed by atoms with van der Waals surface area (Å²) in [5.41, 5.74) is 3.72. The maximum atomic E-state index is 5.17. The Labute approximate surface area is 135 Å². The Kier molecular flexibility index (Phi) is 6.10. The van der Waals surface area contributed by atoms with Gasteiger partial charge in [0.2, 0.25) is 17.8 Å². The standard InChI is InChI=1S/C15H21N7O/c1-4-16-13-19-14(17-5-2)21-15(20-13)22-18-10-11-7-6-8-12(9-11)23-3/h6-10H,4-5H2,1-3H3,(H3,16,17,19,20,21,22)/b18-10+. The van der Waals surface area contributed by atoms with Crippen LogP contribution in [0.5, 0.6) is 5.75 Å². The summed E-state index contributed by atoms with van der Waals surface area (Å²) in [6.07, 6.45) is 1.67. The van der Waals surface area contributed by atoms with Crippen molar-refractivity contribution in [1.29, 1.82) is 0 Å². The molecule has 0 aliphatic carbocycles. The minimum absolute atomic E-state index is 0.367. The number of hydrazone groups is 1. The monoisotopic (exact) mass is 315 g/mol. The molecule has 0 amide bonds. The smallest absolute Gasteiger partial charge is 0.250 e. The third-order valence-electron chi connectivity index (χ3n) is 2.78. The fraction of sp³-hybridized carbons (Fsp3) is 0.333. The lowest BCUT2D eigenvalue weighted by atomic mass is 10.2. The van der Waals surface area contributed by atoms with E-state index in [0.29, 0.717) is 17.8 Å². The molecule has 23 heavy (non-hydrogen) atoms. The van der Waals surface area contributed by atoms with Gasteiger partial charge in [-0.05, 0) is 31.5 Å². The fourth-order valence-corrected chi connectivity index (χ4v) is 1.79. The molecule has 122 valence electrons. The van der Waals surface area contributed by atoms with Gasteiger partial charge in [-0.2, -0.15) is 20.1 Å². The van der Waals surface area contributed by atoms with Gasteiger partial charge >= 0.3 is 0 Å². The van der Waals surface area contributed by atoms with E-state index in [-0.39, 0.29) is 0 Å². The first-order valence-corrected chi connectivity index (χ1v) is 7.42. The Morgan fingerprint density at radius 1 is 1.04 bits per heavy atom. The summed E-state index contributed by atoms with van der Waals surface area (Å²) in [6, 6.07) is 7.58. The number of anilines is 3. The molecule has 0 spiro atoms. The van der Waals surface area contributed by atoms with Gasteiger partial charge in [-0.3, -0.25) is 0 Å². The fourth-order valence-electron chi connectivity index (χ4n) is 1.79. The number of hydrogen-bond donors (Lipinski definition) is 3. The molecule has 0 aliphatic rings. The van der Waals surface area contributed by atoms with E-state index in [1.165, 1.54) is 0 Å². The predicted octanol–water partition coefficient (Wildman–Crippen LogP) is 2.19. The van der Waals surface area contributed by atoms with E-state index >= 15 is 0 Å². The van der Waals surface area contributed by atoms with Crippen LogP contribution in [0, 0.1) is 0 Å². The molecule has 0 saturated heterocycles. The van der Waals surface area contributed by atoms with Gasteiger partial charge in [0.05, 0.1) is 13.3 Å². The highest BCUT2D eigenvalue weighted by Crippen LogP contribution is 2.11.